The molecular weight excluding hydrogens is 388 g/mol. The minimum Gasteiger partial charge on any atom is -0.395 e. The summed E-state index contributed by atoms with van der Waals surface area (Å²) in [6.45, 7) is 2.56. The molecule has 0 bridgehead atoms. The van der Waals surface area contributed by atoms with E-state index < -0.39 is 0 Å². The smallest absolute Gasteiger partial charge is 0.251 e. The van der Waals surface area contributed by atoms with E-state index in [0.717, 1.165) is 47.8 Å². The minimum absolute atomic E-state index is 0.0496. The lowest BCUT2D eigenvalue weighted by atomic mass is 9.98. The Morgan fingerprint density at radius 3 is 2.90 bits per heavy atom. The molecule has 6 heteroatoms. The number of piperidine rings is 1. The van der Waals surface area contributed by atoms with Crippen molar-refractivity contribution in [1.82, 2.24) is 20.0 Å². The van der Waals surface area contributed by atoms with Gasteiger partial charge in [0, 0.05) is 36.5 Å². The Morgan fingerprint density at radius 1 is 1.16 bits per heavy atom. The van der Waals surface area contributed by atoms with E-state index in [1.807, 2.05) is 30.5 Å². The van der Waals surface area contributed by atoms with Gasteiger partial charge < -0.3 is 10.4 Å². The van der Waals surface area contributed by atoms with Crippen LogP contribution in [0.1, 0.15) is 48.5 Å². The van der Waals surface area contributed by atoms with Crippen LogP contribution in [0, 0.1) is 0 Å². The predicted molar refractivity (Wildman–Crippen MR) is 122 cm³/mol. The SMILES string of the molecule is O=C(NCCN1CCCCC1CO)c1ccc2c(-c3cnn(C4CC4)c3)cccc2c1. The number of carbonyl (C=O) groups is 1. The number of hydrogen-bond donors (Lipinski definition) is 2. The second-order valence-corrected chi connectivity index (χ2v) is 8.81. The molecule has 1 aliphatic heterocycles. The van der Waals surface area contributed by atoms with Gasteiger partial charge >= 0.3 is 0 Å². The van der Waals surface area contributed by atoms with Crippen molar-refractivity contribution in [3.8, 4) is 11.1 Å². The van der Waals surface area contributed by atoms with Crippen molar-refractivity contribution in [3.05, 3.63) is 54.4 Å². The van der Waals surface area contributed by atoms with E-state index in [9.17, 15) is 9.90 Å². The van der Waals surface area contributed by atoms with Gasteiger partial charge in [-0.05, 0) is 60.7 Å². The molecule has 1 aliphatic carbocycles. The third-order valence-electron chi connectivity index (χ3n) is 6.62. The van der Waals surface area contributed by atoms with Crippen LogP contribution < -0.4 is 5.32 Å². The molecule has 3 aromatic rings. The average molecular weight is 419 g/mol. The quantitative estimate of drug-likeness (QED) is 0.615. The van der Waals surface area contributed by atoms with Crippen molar-refractivity contribution in [2.75, 3.05) is 26.2 Å². The Balaban J connectivity index is 1.27. The van der Waals surface area contributed by atoms with Gasteiger partial charge in [0.05, 0.1) is 18.8 Å². The van der Waals surface area contributed by atoms with Gasteiger partial charge in [0.2, 0.25) is 0 Å². The van der Waals surface area contributed by atoms with Crippen molar-refractivity contribution >= 4 is 16.7 Å². The highest BCUT2D eigenvalue weighted by atomic mass is 16.3. The monoisotopic (exact) mass is 418 g/mol. The lowest BCUT2D eigenvalue weighted by molar-refractivity contribution is 0.0849. The zero-order valence-corrected chi connectivity index (χ0v) is 17.8. The van der Waals surface area contributed by atoms with Crippen LogP contribution in [0.3, 0.4) is 0 Å². The molecule has 2 N–H and O–H groups in total. The van der Waals surface area contributed by atoms with Gasteiger partial charge in [0.25, 0.3) is 5.91 Å². The number of amides is 1. The molecule has 5 rings (SSSR count). The molecule has 1 amide bonds. The van der Waals surface area contributed by atoms with Gasteiger partial charge in [0.15, 0.2) is 0 Å². The molecule has 0 radical (unpaired) electrons. The first-order valence-corrected chi connectivity index (χ1v) is 11.4. The van der Waals surface area contributed by atoms with Gasteiger partial charge in [-0.2, -0.15) is 5.10 Å². The summed E-state index contributed by atoms with van der Waals surface area (Å²) in [7, 11) is 0. The number of aliphatic hydroxyl groups excluding tert-OH is 1. The van der Waals surface area contributed by atoms with Crippen LogP contribution in [-0.2, 0) is 0 Å². The Labute approximate surface area is 182 Å². The zero-order chi connectivity index (χ0) is 21.2. The van der Waals surface area contributed by atoms with Crippen LogP contribution in [0.15, 0.2) is 48.8 Å². The van der Waals surface area contributed by atoms with Crippen LogP contribution in [0.4, 0.5) is 0 Å². The average Bonchev–Trinajstić information content (AvgIpc) is 3.55. The highest BCUT2D eigenvalue weighted by Crippen LogP contribution is 2.36. The maximum atomic E-state index is 12.7. The predicted octanol–water partition coefficient (Wildman–Crippen LogP) is 3.61. The molecule has 1 aromatic heterocycles. The van der Waals surface area contributed by atoms with Gasteiger partial charge in [-0.3, -0.25) is 14.4 Å². The Bertz CT molecular complexity index is 1070. The fourth-order valence-electron chi connectivity index (χ4n) is 4.67. The molecule has 2 aromatic carbocycles. The third-order valence-corrected chi connectivity index (χ3v) is 6.62. The second kappa shape index (κ2) is 8.81. The number of nitrogens with zero attached hydrogens (tertiary/aromatic N) is 3. The standard InChI is InChI=1S/C25H30N4O2/c30-17-22-5-1-2-12-28(22)13-11-26-25(31)19-7-10-24-18(14-19)4-3-6-23(24)20-15-27-29(16-20)21-8-9-21/h3-4,6-7,10,14-16,21-22,30H,1-2,5,8-9,11-13,17H2,(H,26,31). The molecule has 0 spiro atoms. The molecule has 31 heavy (non-hydrogen) atoms. The van der Waals surface area contributed by atoms with Gasteiger partial charge in [-0.25, -0.2) is 0 Å². The number of fused-ring (bicyclic) bond motifs is 1. The minimum atomic E-state index is -0.0496. The summed E-state index contributed by atoms with van der Waals surface area (Å²) in [4.78, 5) is 15.0. The van der Waals surface area contributed by atoms with Crippen LogP contribution in [0.25, 0.3) is 21.9 Å². The molecule has 2 aliphatic rings. The van der Waals surface area contributed by atoms with E-state index in [1.54, 1.807) is 0 Å². The second-order valence-electron chi connectivity index (χ2n) is 8.81. The number of hydrogen-bond acceptors (Lipinski definition) is 4. The number of likely N-dealkylation sites (tertiary alicyclic amines) is 1. The number of carbonyl (C=O) groups excluding carboxylic acids is 1. The molecule has 2 fully saturated rings. The number of nitrogens with one attached hydrogen (secondary N) is 1. The van der Waals surface area contributed by atoms with E-state index in [4.69, 9.17) is 0 Å². The van der Waals surface area contributed by atoms with Gasteiger partial charge in [-0.15, -0.1) is 0 Å². The van der Waals surface area contributed by atoms with E-state index in [2.05, 4.69) is 38.3 Å². The van der Waals surface area contributed by atoms with Gasteiger partial charge in [0.1, 0.15) is 0 Å². The van der Waals surface area contributed by atoms with Crippen molar-refractivity contribution < 1.29 is 9.90 Å². The maximum absolute atomic E-state index is 12.7. The highest BCUT2D eigenvalue weighted by Gasteiger charge is 2.24. The summed E-state index contributed by atoms with van der Waals surface area (Å²) in [5.41, 5.74) is 2.95. The summed E-state index contributed by atoms with van der Waals surface area (Å²) in [5, 5.41) is 19.3. The van der Waals surface area contributed by atoms with Crippen molar-refractivity contribution in [1.29, 1.82) is 0 Å². The van der Waals surface area contributed by atoms with E-state index >= 15 is 0 Å². The fraction of sp³-hybridized carbons (Fsp3) is 0.440. The number of rotatable bonds is 7. The Kier molecular flexibility index (Phi) is 5.74. The zero-order valence-electron chi connectivity index (χ0n) is 17.8. The van der Waals surface area contributed by atoms with Crippen molar-refractivity contribution in [2.24, 2.45) is 0 Å². The van der Waals surface area contributed by atoms with E-state index in [0.29, 0.717) is 18.2 Å². The largest absolute Gasteiger partial charge is 0.395 e. The molecule has 2 heterocycles. The molecular formula is C25H30N4O2. The summed E-state index contributed by atoms with van der Waals surface area (Å²) >= 11 is 0. The van der Waals surface area contributed by atoms with Crippen LogP contribution in [0.5, 0.6) is 0 Å². The summed E-state index contributed by atoms with van der Waals surface area (Å²) in [6.07, 6.45) is 9.88. The molecule has 6 nitrogen and oxygen atoms in total. The number of aromatic nitrogens is 2. The molecule has 1 atom stereocenters. The third kappa shape index (κ3) is 4.36. The van der Waals surface area contributed by atoms with Crippen LogP contribution >= 0.6 is 0 Å². The van der Waals surface area contributed by atoms with E-state index in [1.165, 1.54) is 19.3 Å². The van der Waals surface area contributed by atoms with Crippen LogP contribution in [0.2, 0.25) is 0 Å². The van der Waals surface area contributed by atoms with Gasteiger partial charge in [-0.1, -0.05) is 30.7 Å². The normalized spacial score (nSPS) is 19.6. The Hall–Kier alpha value is -2.70. The van der Waals surface area contributed by atoms with Crippen LogP contribution in [-0.4, -0.2) is 58.0 Å². The summed E-state index contributed by atoms with van der Waals surface area (Å²) in [5.74, 6) is -0.0496. The van der Waals surface area contributed by atoms with Crippen molar-refractivity contribution in [3.63, 3.8) is 0 Å². The topological polar surface area (TPSA) is 70.4 Å². The van der Waals surface area contributed by atoms with E-state index in [-0.39, 0.29) is 18.6 Å². The first-order chi connectivity index (χ1) is 15.2. The lowest BCUT2D eigenvalue weighted by Gasteiger charge is -2.34. The van der Waals surface area contributed by atoms with Crippen molar-refractivity contribution in [2.45, 2.75) is 44.2 Å². The number of aliphatic hydroxyl groups is 1. The first-order valence-electron chi connectivity index (χ1n) is 11.4. The molecule has 1 saturated carbocycles. The molecule has 162 valence electrons. The summed E-state index contributed by atoms with van der Waals surface area (Å²) < 4.78 is 2.07. The Morgan fingerprint density at radius 2 is 2.06 bits per heavy atom. The first kappa shape index (κ1) is 20.2. The molecule has 1 unspecified atom stereocenters. The summed E-state index contributed by atoms with van der Waals surface area (Å²) in [6, 6.07) is 12.9. The highest BCUT2D eigenvalue weighted by molar-refractivity contribution is 6.02. The fourth-order valence-corrected chi connectivity index (χ4v) is 4.67. The number of benzene rings is 2. The maximum Gasteiger partial charge on any atom is 0.251 e. The lowest BCUT2D eigenvalue weighted by Crippen LogP contribution is -2.45. The molecule has 1 saturated heterocycles.